The number of unbranched alkanes of at least 4 members (excludes halogenated alkanes) is 2. The average molecular weight is 471 g/mol. The van der Waals surface area contributed by atoms with Crippen molar-refractivity contribution in [2.24, 2.45) is 23.1 Å². The van der Waals surface area contributed by atoms with Gasteiger partial charge in [-0.2, -0.15) is 0 Å². The number of carbonyl (C=O) groups excluding carboxylic acids is 3. The van der Waals surface area contributed by atoms with Crippen LogP contribution in [0.3, 0.4) is 0 Å². The van der Waals surface area contributed by atoms with Gasteiger partial charge in [0.25, 0.3) is 0 Å². The van der Waals surface area contributed by atoms with Crippen LogP contribution in [-0.4, -0.2) is 77.5 Å². The van der Waals surface area contributed by atoms with Crippen LogP contribution in [0.2, 0.25) is 0 Å². The molecule has 1 fully saturated rings. The molecular formula is C22H42N6O5. The highest BCUT2D eigenvalue weighted by Gasteiger charge is 2.39. The fraction of sp³-hybridized carbons (Fsp3) is 0.818. The molecule has 0 saturated carbocycles. The molecule has 4 atom stereocenters. The molecule has 1 saturated heterocycles. The molecule has 4 unspecified atom stereocenters. The molecule has 1 aliphatic rings. The van der Waals surface area contributed by atoms with Gasteiger partial charge in [0.05, 0.1) is 6.04 Å². The molecule has 1 aliphatic heterocycles. The standard InChI is InChI=1S/C22H42N6O5/c1-14(2)18(27-19(29)15(25)8-3-5-11-23)21(31)28-13-7-10-17(28)20(30)26-16(22(32)33)9-4-6-12-24/h14-18H,3-13,23-25H2,1-2H3,(H,26,30)(H,27,29)(H,32,33). The van der Waals surface area contributed by atoms with Gasteiger partial charge in [0.15, 0.2) is 0 Å². The summed E-state index contributed by atoms with van der Waals surface area (Å²) < 4.78 is 0. The quantitative estimate of drug-likeness (QED) is 0.169. The lowest BCUT2D eigenvalue weighted by atomic mass is 10.0. The van der Waals surface area contributed by atoms with E-state index in [0.29, 0.717) is 51.7 Å². The third-order valence-electron chi connectivity index (χ3n) is 5.94. The van der Waals surface area contributed by atoms with Crippen molar-refractivity contribution in [2.45, 2.75) is 89.4 Å². The van der Waals surface area contributed by atoms with Gasteiger partial charge in [0.1, 0.15) is 18.1 Å². The largest absolute Gasteiger partial charge is 0.480 e. The Morgan fingerprint density at radius 2 is 1.61 bits per heavy atom. The van der Waals surface area contributed by atoms with Crippen molar-refractivity contribution in [3.63, 3.8) is 0 Å². The molecule has 1 rings (SSSR count). The Labute approximate surface area is 196 Å². The first kappa shape index (κ1) is 28.8. The number of nitrogens with one attached hydrogen (secondary N) is 2. The molecule has 0 radical (unpaired) electrons. The molecule has 3 amide bonds. The van der Waals surface area contributed by atoms with E-state index in [-0.39, 0.29) is 18.2 Å². The number of nitrogens with zero attached hydrogens (tertiary/aromatic N) is 1. The van der Waals surface area contributed by atoms with E-state index >= 15 is 0 Å². The second-order valence-corrected chi connectivity index (χ2v) is 8.99. The number of aliphatic carboxylic acids is 1. The molecule has 33 heavy (non-hydrogen) atoms. The predicted octanol–water partition coefficient (Wildman–Crippen LogP) is -0.727. The highest BCUT2D eigenvalue weighted by molar-refractivity contribution is 5.94. The van der Waals surface area contributed by atoms with Crippen LogP contribution < -0.4 is 27.8 Å². The Morgan fingerprint density at radius 3 is 2.15 bits per heavy atom. The number of carboxylic acid groups (broad SMARTS) is 1. The minimum atomic E-state index is -1.12. The molecule has 190 valence electrons. The summed E-state index contributed by atoms with van der Waals surface area (Å²) in [4.78, 5) is 51.7. The molecule has 0 aromatic carbocycles. The maximum Gasteiger partial charge on any atom is 0.326 e. The van der Waals surface area contributed by atoms with E-state index < -0.39 is 42.0 Å². The molecule has 0 aliphatic carbocycles. The number of amides is 3. The van der Waals surface area contributed by atoms with Gasteiger partial charge in [0, 0.05) is 6.54 Å². The Bertz CT molecular complexity index is 659. The Balaban J connectivity index is 2.82. The number of carboxylic acids is 1. The first-order valence-corrected chi connectivity index (χ1v) is 11.9. The molecule has 1 heterocycles. The van der Waals surface area contributed by atoms with Gasteiger partial charge in [-0.15, -0.1) is 0 Å². The zero-order chi connectivity index (χ0) is 25.0. The summed E-state index contributed by atoms with van der Waals surface area (Å²) in [5.74, 6) is -2.60. The van der Waals surface area contributed by atoms with Crippen molar-refractivity contribution in [1.29, 1.82) is 0 Å². The molecular weight excluding hydrogens is 428 g/mol. The van der Waals surface area contributed by atoms with Crippen LogP contribution in [0.25, 0.3) is 0 Å². The second kappa shape index (κ2) is 14.8. The van der Waals surface area contributed by atoms with Crippen LogP contribution in [0.5, 0.6) is 0 Å². The summed E-state index contributed by atoms with van der Waals surface area (Å²) in [6.45, 7) is 4.96. The zero-order valence-corrected chi connectivity index (χ0v) is 19.9. The van der Waals surface area contributed by atoms with Crippen molar-refractivity contribution >= 4 is 23.7 Å². The van der Waals surface area contributed by atoms with Crippen molar-refractivity contribution in [3.8, 4) is 0 Å². The molecule has 0 aromatic heterocycles. The van der Waals surface area contributed by atoms with Gasteiger partial charge < -0.3 is 37.8 Å². The molecule has 0 spiro atoms. The number of rotatable bonds is 15. The van der Waals surface area contributed by atoms with Gasteiger partial charge in [-0.05, 0) is 64.0 Å². The fourth-order valence-electron chi connectivity index (χ4n) is 3.91. The van der Waals surface area contributed by atoms with E-state index in [1.54, 1.807) is 0 Å². The number of hydrogen-bond acceptors (Lipinski definition) is 7. The SMILES string of the molecule is CC(C)C(NC(=O)C(N)CCCCN)C(=O)N1CCCC1C(=O)NC(CCCCN)C(=O)O. The summed E-state index contributed by atoms with van der Waals surface area (Å²) in [6, 6.07) is -3.38. The molecule has 11 heteroatoms. The van der Waals surface area contributed by atoms with Crippen LogP contribution in [-0.2, 0) is 19.2 Å². The first-order valence-electron chi connectivity index (χ1n) is 11.9. The van der Waals surface area contributed by atoms with E-state index in [0.717, 1.165) is 12.8 Å². The summed E-state index contributed by atoms with van der Waals surface area (Å²) in [5.41, 5.74) is 16.9. The summed E-state index contributed by atoms with van der Waals surface area (Å²) >= 11 is 0. The van der Waals surface area contributed by atoms with Gasteiger partial charge in [-0.1, -0.05) is 20.3 Å². The van der Waals surface area contributed by atoms with Crippen molar-refractivity contribution < 1.29 is 24.3 Å². The maximum absolute atomic E-state index is 13.3. The maximum atomic E-state index is 13.3. The number of nitrogens with two attached hydrogens (primary N) is 3. The van der Waals surface area contributed by atoms with Crippen molar-refractivity contribution in [2.75, 3.05) is 19.6 Å². The third kappa shape index (κ3) is 9.26. The Hall–Kier alpha value is -2.24. The normalized spacial score (nSPS) is 18.6. The lowest BCUT2D eigenvalue weighted by Crippen LogP contribution is -2.58. The molecule has 0 bridgehead atoms. The van der Waals surface area contributed by atoms with E-state index in [1.807, 2.05) is 13.8 Å². The van der Waals surface area contributed by atoms with Crippen LogP contribution in [0.1, 0.15) is 65.2 Å². The van der Waals surface area contributed by atoms with Gasteiger partial charge in [-0.3, -0.25) is 14.4 Å². The minimum absolute atomic E-state index is 0.218. The highest BCUT2D eigenvalue weighted by Crippen LogP contribution is 2.21. The number of carbonyl (C=O) groups is 4. The van der Waals surface area contributed by atoms with E-state index in [1.165, 1.54) is 4.90 Å². The Morgan fingerprint density at radius 1 is 1.00 bits per heavy atom. The van der Waals surface area contributed by atoms with Crippen LogP contribution in [0.4, 0.5) is 0 Å². The van der Waals surface area contributed by atoms with Crippen LogP contribution >= 0.6 is 0 Å². The average Bonchev–Trinajstić information content (AvgIpc) is 3.26. The summed E-state index contributed by atoms with van der Waals surface area (Å²) in [6.07, 6.45) is 4.52. The lowest BCUT2D eigenvalue weighted by molar-refractivity contribution is -0.145. The van der Waals surface area contributed by atoms with Crippen molar-refractivity contribution in [1.82, 2.24) is 15.5 Å². The second-order valence-electron chi connectivity index (χ2n) is 8.99. The summed E-state index contributed by atoms with van der Waals surface area (Å²) in [7, 11) is 0. The number of likely N-dealkylation sites (tertiary alicyclic amines) is 1. The first-order chi connectivity index (χ1) is 15.6. The Kier molecular flexibility index (Phi) is 12.9. The lowest BCUT2D eigenvalue weighted by Gasteiger charge is -2.31. The monoisotopic (exact) mass is 470 g/mol. The minimum Gasteiger partial charge on any atom is -0.480 e. The van der Waals surface area contributed by atoms with Gasteiger partial charge in [0.2, 0.25) is 17.7 Å². The van der Waals surface area contributed by atoms with Crippen LogP contribution in [0, 0.1) is 5.92 Å². The molecule has 0 aromatic rings. The van der Waals surface area contributed by atoms with Gasteiger partial charge >= 0.3 is 5.97 Å². The topological polar surface area (TPSA) is 194 Å². The molecule has 11 nitrogen and oxygen atoms in total. The smallest absolute Gasteiger partial charge is 0.326 e. The third-order valence-corrected chi connectivity index (χ3v) is 5.94. The van der Waals surface area contributed by atoms with E-state index in [4.69, 9.17) is 17.2 Å². The van der Waals surface area contributed by atoms with Gasteiger partial charge in [-0.25, -0.2) is 4.79 Å². The van der Waals surface area contributed by atoms with Crippen LogP contribution in [0.15, 0.2) is 0 Å². The van der Waals surface area contributed by atoms with E-state index in [2.05, 4.69) is 10.6 Å². The highest BCUT2D eigenvalue weighted by atomic mass is 16.4. The number of hydrogen-bond donors (Lipinski definition) is 6. The summed E-state index contributed by atoms with van der Waals surface area (Å²) in [5, 5.41) is 14.8. The molecule has 9 N–H and O–H groups in total. The zero-order valence-electron chi connectivity index (χ0n) is 19.9. The fourth-order valence-corrected chi connectivity index (χ4v) is 3.91. The predicted molar refractivity (Wildman–Crippen MR) is 125 cm³/mol. The van der Waals surface area contributed by atoms with E-state index in [9.17, 15) is 24.3 Å². The van der Waals surface area contributed by atoms with Crippen molar-refractivity contribution in [3.05, 3.63) is 0 Å².